The van der Waals surface area contributed by atoms with E-state index in [1.54, 1.807) is 24.3 Å². The second kappa shape index (κ2) is 11.1. The molecule has 0 bridgehead atoms. The lowest BCUT2D eigenvalue weighted by Gasteiger charge is -2.17. The highest BCUT2D eigenvalue weighted by atomic mass is 79.9. The molecule has 0 fully saturated rings. The van der Waals surface area contributed by atoms with E-state index >= 15 is 0 Å². The van der Waals surface area contributed by atoms with Gasteiger partial charge in [-0.3, -0.25) is 4.79 Å². The van der Waals surface area contributed by atoms with Crippen LogP contribution >= 0.6 is 40.1 Å². The predicted octanol–water partition coefficient (Wildman–Crippen LogP) is 3.92. The second-order valence-corrected chi connectivity index (χ2v) is 6.12. The number of Topliss-reactive ketones (excluding diaryl/α,β-unsaturated/α-hetero) is 1. The van der Waals surface area contributed by atoms with E-state index in [1.807, 2.05) is 0 Å². The van der Waals surface area contributed by atoms with Gasteiger partial charge in [-0.05, 0) is 37.4 Å². The van der Waals surface area contributed by atoms with Crippen LogP contribution in [-0.4, -0.2) is 46.3 Å². The maximum absolute atomic E-state index is 12.2. The fourth-order valence-corrected chi connectivity index (χ4v) is 2.79. The van der Waals surface area contributed by atoms with Crippen LogP contribution in [0.1, 0.15) is 24.2 Å². The first kappa shape index (κ1) is 20.4. The lowest BCUT2D eigenvalue weighted by molar-refractivity contribution is 0.106. The summed E-state index contributed by atoms with van der Waals surface area (Å²) in [4.78, 5) is 14.4. The Morgan fingerprint density at radius 1 is 1.29 bits per heavy atom. The standard InChI is InChI=1S/C14H19BrN2O2S.ClH/c1-3-17(4-2)9-10-20-14(16-19)13(18)11-5-7-12(15)8-6-11;/h5-8,19H,3-4,9-10H2,1-2H3;1H/b16-14+;. The average Bonchev–Trinajstić information content (AvgIpc) is 2.48. The van der Waals surface area contributed by atoms with Crippen molar-refractivity contribution in [3.63, 3.8) is 0 Å². The van der Waals surface area contributed by atoms with Gasteiger partial charge in [-0.2, -0.15) is 0 Å². The molecule has 7 heteroatoms. The summed E-state index contributed by atoms with van der Waals surface area (Å²) in [5.41, 5.74) is 0.524. The van der Waals surface area contributed by atoms with Gasteiger partial charge in [0.25, 0.3) is 0 Å². The minimum absolute atomic E-state index is 0. The molecule has 0 unspecified atom stereocenters. The molecule has 0 spiro atoms. The molecule has 0 aliphatic rings. The van der Waals surface area contributed by atoms with E-state index in [0.717, 1.165) is 29.9 Å². The molecule has 4 nitrogen and oxygen atoms in total. The first-order valence-electron chi connectivity index (χ1n) is 6.49. The monoisotopic (exact) mass is 394 g/mol. The van der Waals surface area contributed by atoms with Crippen LogP contribution in [0, 0.1) is 0 Å². The molecule has 0 amide bonds. The molecule has 0 aliphatic carbocycles. The average molecular weight is 396 g/mol. The van der Waals surface area contributed by atoms with Crippen LogP contribution in [0.2, 0.25) is 0 Å². The third-order valence-corrected chi connectivity index (χ3v) is 4.39. The molecule has 0 saturated heterocycles. The summed E-state index contributed by atoms with van der Waals surface area (Å²) < 4.78 is 0.908. The van der Waals surface area contributed by atoms with Crippen LogP contribution in [0.5, 0.6) is 0 Å². The van der Waals surface area contributed by atoms with Gasteiger partial charge < -0.3 is 10.1 Å². The summed E-state index contributed by atoms with van der Waals surface area (Å²) in [6.45, 7) is 7.02. The van der Waals surface area contributed by atoms with Crippen LogP contribution in [-0.2, 0) is 0 Å². The van der Waals surface area contributed by atoms with E-state index in [2.05, 4.69) is 39.8 Å². The number of thioether (sulfide) groups is 1. The fourth-order valence-electron chi connectivity index (χ4n) is 1.68. The van der Waals surface area contributed by atoms with Gasteiger partial charge >= 0.3 is 0 Å². The number of hydrogen-bond acceptors (Lipinski definition) is 5. The van der Waals surface area contributed by atoms with Gasteiger partial charge in [-0.25, -0.2) is 0 Å². The van der Waals surface area contributed by atoms with Crippen molar-refractivity contribution in [3.05, 3.63) is 34.3 Å². The van der Waals surface area contributed by atoms with Gasteiger partial charge in [-0.15, -0.1) is 12.4 Å². The Kier molecular flexibility index (Phi) is 10.8. The molecule has 1 rings (SSSR count). The van der Waals surface area contributed by atoms with Crippen molar-refractivity contribution in [3.8, 4) is 0 Å². The molecule has 1 aromatic carbocycles. The fraction of sp³-hybridized carbons (Fsp3) is 0.429. The van der Waals surface area contributed by atoms with E-state index in [-0.39, 0.29) is 23.2 Å². The first-order chi connectivity index (χ1) is 9.62. The maximum atomic E-state index is 12.2. The Balaban J connectivity index is 0.00000400. The van der Waals surface area contributed by atoms with Gasteiger partial charge in [0.2, 0.25) is 5.78 Å². The van der Waals surface area contributed by atoms with Crippen molar-refractivity contribution in [1.82, 2.24) is 4.90 Å². The van der Waals surface area contributed by atoms with Crippen molar-refractivity contribution < 1.29 is 10.0 Å². The number of carbonyl (C=O) groups excluding carboxylic acids is 1. The summed E-state index contributed by atoms with van der Waals surface area (Å²) in [5.74, 6) is 0.480. The van der Waals surface area contributed by atoms with Gasteiger partial charge in [-0.1, -0.05) is 46.7 Å². The van der Waals surface area contributed by atoms with Crippen LogP contribution in [0.15, 0.2) is 33.9 Å². The SMILES string of the molecule is CCN(CC)CCS/C(=N/O)C(=O)c1ccc(Br)cc1.Cl. The highest BCUT2D eigenvalue weighted by Gasteiger charge is 2.15. The summed E-state index contributed by atoms with van der Waals surface area (Å²) in [6.07, 6.45) is 0. The van der Waals surface area contributed by atoms with Crippen LogP contribution in [0.25, 0.3) is 0 Å². The van der Waals surface area contributed by atoms with Gasteiger partial charge in [0.15, 0.2) is 5.04 Å². The van der Waals surface area contributed by atoms with E-state index in [1.165, 1.54) is 11.8 Å². The summed E-state index contributed by atoms with van der Waals surface area (Å²) in [6, 6.07) is 7.01. The Bertz CT molecular complexity index is 465. The molecular weight excluding hydrogens is 376 g/mol. The lowest BCUT2D eigenvalue weighted by Crippen LogP contribution is -2.26. The minimum Gasteiger partial charge on any atom is -0.410 e. The van der Waals surface area contributed by atoms with Crippen molar-refractivity contribution in [2.24, 2.45) is 5.16 Å². The normalized spacial score (nSPS) is 11.3. The number of benzene rings is 1. The third kappa shape index (κ3) is 6.82. The number of ketones is 1. The molecule has 0 aromatic heterocycles. The molecule has 1 aromatic rings. The van der Waals surface area contributed by atoms with E-state index in [9.17, 15) is 4.79 Å². The quantitative estimate of drug-likeness (QED) is 0.250. The molecule has 118 valence electrons. The molecule has 0 atom stereocenters. The largest absolute Gasteiger partial charge is 0.410 e. The zero-order valence-electron chi connectivity index (χ0n) is 12.1. The number of hydrogen-bond donors (Lipinski definition) is 1. The van der Waals surface area contributed by atoms with Gasteiger partial charge in [0, 0.05) is 22.3 Å². The third-order valence-electron chi connectivity index (χ3n) is 2.93. The molecule has 0 saturated carbocycles. The van der Waals surface area contributed by atoms with Crippen molar-refractivity contribution in [1.29, 1.82) is 0 Å². The topological polar surface area (TPSA) is 52.9 Å². The highest BCUT2D eigenvalue weighted by molar-refractivity contribution is 9.10. The molecule has 0 aliphatic heterocycles. The number of nitrogens with zero attached hydrogens (tertiary/aromatic N) is 2. The number of rotatable bonds is 7. The van der Waals surface area contributed by atoms with E-state index in [4.69, 9.17) is 5.21 Å². The van der Waals surface area contributed by atoms with Crippen molar-refractivity contribution in [2.75, 3.05) is 25.4 Å². The molecule has 21 heavy (non-hydrogen) atoms. The second-order valence-electron chi connectivity index (χ2n) is 4.12. The van der Waals surface area contributed by atoms with Gasteiger partial charge in [0.05, 0.1) is 0 Å². The molecular formula is C14H20BrClN2O2S. The van der Waals surface area contributed by atoms with E-state index < -0.39 is 0 Å². The van der Waals surface area contributed by atoms with E-state index in [0.29, 0.717) is 5.56 Å². The number of oxime groups is 1. The Morgan fingerprint density at radius 2 is 1.86 bits per heavy atom. The Labute approximate surface area is 144 Å². The van der Waals surface area contributed by atoms with Crippen molar-refractivity contribution >= 4 is 50.9 Å². The zero-order chi connectivity index (χ0) is 15.0. The van der Waals surface area contributed by atoms with Crippen LogP contribution in [0.4, 0.5) is 0 Å². The Morgan fingerprint density at radius 3 is 2.33 bits per heavy atom. The predicted molar refractivity (Wildman–Crippen MR) is 95.2 cm³/mol. The summed E-state index contributed by atoms with van der Waals surface area (Å²) in [7, 11) is 0. The van der Waals surface area contributed by atoms with Crippen molar-refractivity contribution in [2.45, 2.75) is 13.8 Å². The van der Waals surface area contributed by atoms with Gasteiger partial charge in [0.1, 0.15) is 0 Å². The lowest BCUT2D eigenvalue weighted by atomic mass is 10.1. The minimum atomic E-state index is -0.246. The zero-order valence-corrected chi connectivity index (χ0v) is 15.3. The summed E-state index contributed by atoms with van der Waals surface area (Å²) in [5, 5.41) is 12.3. The highest BCUT2D eigenvalue weighted by Crippen LogP contribution is 2.15. The molecule has 1 N–H and O–H groups in total. The Hall–Kier alpha value is -0.560. The molecule has 0 radical (unpaired) electrons. The van der Waals surface area contributed by atoms with Crippen LogP contribution < -0.4 is 0 Å². The van der Waals surface area contributed by atoms with Crippen LogP contribution in [0.3, 0.4) is 0 Å². The summed E-state index contributed by atoms with van der Waals surface area (Å²) >= 11 is 4.61. The maximum Gasteiger partial charge on any atom is 0.221 e. The number of halogens is 2. The number of carbonyl (C=O) groups is 1. The smallest absolute Gasteiger partial charge is 0.221 e. The molecule has 0 heterocycles. The first-order valence-corrected chi connectivity index (χ1v) is 8.27.